The molecule has 2 aromatic heterocycles. The number of nitrogens with zero attached hydrogens (tertiary/aromatic N) is 3. The predicted molar refractivity (Wildman–Crippen MR) is 57.0 cm³/mol. The summed E-state index contributed by atoms with van der Waals surface area (Å²) in [7, 11) is 1.33. The van der Waals surface area contributed by atoms with Gasteiger partial charge in [0.2, 0.25) is 0 Å². The third-order valence-corrected chi connectivity index (χ3v) is 2.29. The summed E-state index contributed by atoms with van der Waals surface area (Å²) in [6.07, 6.45) is 4.91. The number of aromatic nitrogens is 3. The highest BCUT2D eigenvalue weighted by Gasteiger charge is 2.13. The van der Waals surface area contributed by atoms with Crippen molar-refractivity contribution in [3.63, 3.8) is 0 Å². The van der Waals surface area contributed by atoms with Gasteiger partial charge < -0.3 is 4.74 Å². The maximum absolute atomic E-state index is 11.3. The van der Waals surface area contributed by atoms with Crippen LogP contribution < -0.4 is 0 Å². The summed E-state index contributed by atoms with van der Waals surface area (Å²) in [5, 5.41) is 4.00. The fraction of sp³-hybridized carbons (Fsp3) is 0.125. The molecule has 0 amide bonds. The number of carbonyl (C=O) groups excluding carboxylic acids is 1. The number of carbonyl (C=O) groups is 1. The Bertz CT molecular complexity index is 494. The van der Waals surface area contributed by atoms with Crippen LogP contribution in [0.1, 0.15) is 10.4 Å². The van der Waals surface area contributed by atoms with Crippen LogP contribution in [0.3, 0.4) is 0 Å². The molecule has 0 aliphatic carbocycles. The Kier molecular flexibility index (Phi) is 2.36. The average molecular weight is 303 g/mol. The van der Waals surface area contributed by atoms with Crippen molar-refractivity contribution >= 4 is 34.2 Å². The Hall–Kier alpha value is -1.18. The number of hydrogen-bond donors (Lipinski definition) is 0. The average Bonchev–Trinajstić information content (AvgIpc) is 2.59. The highest BCUT2D eigenvalue weighted by atomic mass is 127. The minimum absolute atomic E-state index is 0.379. The van der Waals surface area contributed by atoms with E-state index in [0.29, 0.717) is 11.2 Å². The SMILES string of the molecule is COC(=O)c1cnn2cc(I)cnc12. The molecule has 0 bridgehead atoms. The number of esters is 1. The van der Waals surface area contributed by atoms with E-state index in [4.69, 9.17) is 0 Å². The molecular weight excluding hydrogens is 297 g/mol. The minimum Gasteiger partial charge on any atom is -0.465 e. The van der Waals surface area contributed by atoms with E-state index in [1.54, 1.807) is 16.9 Å². The number of ether oxygens (including phenoxy) is 1. The molecule has 0 unspecified atom stereocenters. The first-order valence-corrected chi connectivity index (χ1v) is 4.87. The van der Waals surface area contributed by atoms with Gasteiger partial charge in [-0.3, -0.25) is 0 Å². The van der Waals surface area contributed by atoms with Gasteiger partial charge in [0.25, 0.3) is 0 Å². The molecule has 5 nitrogen and oxygen atoms in total. The summed E-state index contributed by atoms with van der Waals surface area (Å²) in [5.74, 6) is -0.422. The molecule has 0 aromatic carbocycles. The summed E-state index contributed by atoms with van der Waals surface area (Å²) >= 11 is 2.12. The van der Waals surface area contributed by atoms with E-state index in [0.717, 1.165) is 3.57 Å². The van der Waals surface area contributed by atoms with E-state index in [2.05, 4.69) is 37.4 Å². The molecule has 0 saturated heterocycles. The van der Waals surface area contributed by atoms with Gasteiger partial charge >= 0.3 is 5.97 Å². The van der Waals surface area contributed by atoms with Gasteiger partial charge in [-0.05, 0) is 22.6 Å². The third-order valence-electron chi connectivity index (χ3n) is 1.73. The fourth-order valence-corrected chi connectivity index (χ4v) is 1.51. The first kappa shape index (κ1) is 9.38. The molecule has 0 fully saturated rings. The van der Waals surface area contributed by atoms with Crippen molar-refractivity contribution in [3.8, 4) is 0 Å². The van der Waals surface area contributed by atoms with Gasteiger partial charge in [0.1, 0.15) is 5.56 Å². The lowest BCUT2D eigenvalue weighted by atomic mass is 10.3. The van der Waals surface area contributed by atoms with Gasteiger partial charge in [-0.25, -0.2) is 14.3 Å². The Morgan fingerprint density at radius 1 is 1.57 bits per heavy atom. The number of rotatable bonds is 1. The molecule has 2 rings (SSSR count). The first-order chi connectivity index (χ1) is 6.72. The van der Waals surface area contributed by atoms with Crippen molar-refractivity contribution in [2.75, 3.05) is 7.11 Å². The summed E-state index contributed by atoms with van der Waals surface area (Å²) in [6.45, 7) is 0. The molecule has 0 aliphatic rings. The Balaban J connectivity index is 2.64. The van der Waals surface area contributed by atoms with E-state index in [9.17, 15) is 4.79 Å². The normalized spacial score (nSPS) is 10.4. The number of methoxy groups -OCH3 is 1. The van der Waals surface area contributed by atoms with Crippen LogP contribution in [0.15, 0.2) is 18.6 Å². The highest BCUT2D eigenvalue weighted by Crippen LogP contribution is 2.10. The van der Waals surface area contributed by atoms with Crippen molar-refractivity contribution < 1.29 is 9.53 Å². The fourth-order valence-electron chi connectivity index (χ4n) is 1.11. The van der Waals surface area contributed by atoms with Gasteiger partial charge in [-0.1, -0.05) is 0 Å². The number of fused-ring (bicyclic) bond motifs is 1. The molecule has 2 heterocycles. The van der Waals surface area contributed by atoms with Crippen LogP contribution in [0.25, 0.3) is 5.65 Å². The zero-order valence-electron chi connectivity index (χ0n) is 7.27. The van der Waals surface area contributed by atoms with Gasteiger partial charge in [0.05, 0.1) is 13.3 Å². The molecule has 72 valence electrons. The summed E-state index contributed by atoms with van der Waals surface area (Å²) in [6, 6.07) is 0. The summed E-state index contributed by atoms with van der Waals surface area (Å²) < 4.78 is 7.10. The second-order valence-corrected chi connectivity index (χ2v) is 3.84. The number of hydrogen-bond acceptors (Lipinski definition) is 4. The molecule has 0 aliphatic heterocycles. The molecule has 14 heavy (non-hydrogen) atoms. The van der Waals surface area contributed by atoms with Crippen molar-refractivity contribution in [3.05, 3.63) is 27.7 Å². The van der Waals surface area contributed by atoms with E-state index < -0.39 is 5.97 Å². The molecule has 0 radical (unpaired) electrons. The Morgan fingerprint density at radius 3 is 3.07 bits per heavy atom. The monoisotopic (exact) mass is 303 g/mol. The maximum atomic E-state index is 11.3. The molecule has 0 spiro atoms. The van der Waals surface area contributed by atoms with Gasteiger partial charge in [-0.15, -0.1) is 0 Å². The second kappa shape index (κ2) is 3.52. The quantitative estimate of drug-likeness (QED) is 0.585. The topological polar surface area (TPSA) is 56.5 Å². The zero-order valence-corrected chi connectivity index (χ0v) is 9.43. The molecule has 0 saturated carbocycles. The van der Waals surface area contributed by atoms with E-state index in [-0.39, 0.29) is 0 Å². The van der Waals surface area contributed by atoms with E-state index >= 15 is 0 Å². The minimum atomic E-state index is -0.422. The summed E-state index contributed by atoms with van der Waals surface area (Å²) in [4.78, 5) is 15.4. The van der Waals surface area contributed by atoms with Crippen molar-refractivity contribution in [1.82, 2.24) is 14.6 Å². The third kappa shape index (κ3) is 1.45. The van der Waals surface area contributed by atoms with Gasteiger partial charge in [-0.2, -0.15) is 5.10 Å². The van der Waals surface area contributed by atoms with Crippen LogP contribution >= 0.6 is 22.6 Å². The van der Waals surface area contributed by atoms with E-state index in [1.165, 1.54) is 13.3 Å². The van der Waals surface area contributed by atoms with Crippen LogP contribution in [0.5, 0.6) is 0 Å². The zero-order chi connectivity index (χ0) is 10.1. The second-order valence-electron chi connectivity index (χ2n) is 2.59. The lowest BCUT2D eigenvalue weighted by Crippen LogP contribution is -2.01. The van der Waals surface area contributed by atoms with E-state index in [1.807, 2.05) is 0 Å². The largest absolute Gasteiger partial charge is 0.465 e. The number of halogens is 1. The molecule has 0 N–H and O–H groups in total. The highest BCUT2D eigenvalue weighted by molar-refractivity contribution is 14.1. The van der Waals surface area contributed by atoms with Gasteiger partial charge in [0.15, 0.2) is 5.65 Å². The van der Waals surface area contributed by atoms with Crippen LogP contribution in [0.4, 0.5) is 0 Å². The smallest absolute Gasteiger partial charge is 0.343 e. The van der Waals surface area contributed by atoms with Crippen LogP contribution in [-0.4, -0.2) is 27.7 Å². The van der Waals surface area contributed by atoms with Gasteiger partial charge in [0, 0.05) is 16.0 Å². The predicted octanol–water partition coefficient (Wildman–Crippen LogP) is 1.12. The van der Waals surface area contributed by atoms with Crippen LogP contribution in [0.2, 0.25) is 0 Å². The van der Waals surface area contributed by atoms with Crippen molar-refractivity contribution in [2.45, 2.75) is 0 Å². The first-order valence-electron chi connectivity index (χ1n) is 3.79. The van der Waals surface area contributed by atoms with Crippen molar-refractivity contribution in [2.24, 2.45) is 0 Å². The van der Waals surface area contributed by atoms with Crippen LogP contribution in [0, 0.1) is 3.57 Å². The lowest BCUT2D eigenvalue weighted by Gasteiger charge is -1.96. The summed E-state index contributed by atoms with van der Waals surface area (Å²) in [5.41, 5.74) is 0.890. The Labute approximate surface area is 93.2 Å². The lowest BCUT2D eigenvalue weighted by molar-refractivity contribution is 0.0602. The van der Waals surface area contributed by atoms with Crippen molar-refractivity contribution in [1.29, 1.82) is 0 Å². The maximum Gasteiger partial charge on any atom is 0.343 e. The van der Waals surface area contributed by atoms with Crippen LogP contribution in [-0.2, 0) is 4.74 Å². The molecule has 6 heteroatoms. The molecule has 0 atom stereocenters. The molecule has 2 aromatic rings. The molecular formula is C8H6IN3O2. The Morgan fingerprint density at radius 2 is 2.36 bits per heavy atom. The standard InChI is InChI=1S/C8H6IN3O2/c1-14-8(13)6-3-11-12-4-5(9)2-10-7(6)12/h2-4H,1H3.